The van der Waals surface area contributed by atoms with Gasteiger partial charge in [0, 0.05) is 29.2 Å². The molecule has 8 nitrogen and oxygen atoms in total. The van der Waals surface area contributed by atoms with Gasteiger partial charge in [0.2, 0.25) is 5.09 Å². The summed E-state index contributed by atoms with van der Waals surface area (Å²) in [6.45, 7) is 3.85. The summed E-state index contributed by atoms with van der Waals surface area (Å²) in [7, 11) is -4.24. The van der Waals surface area contributed by atoms with Crippen molar-refractivity contribution in [3.05, 3.63) is 45.7 Å². The molecule has 2 amide bonds. The summed E-state index contributed by atoms with van der Waals surface area (Å²) in [6, 6.07) is 2.78. The Bertz CT molecular complexity index is 1220. The van der Waals surface area contributed by atoms with Crippen molar-refractivity contribution in [3.63, 3.8) is 0 Å². The highest BCUT2D eigenvalue weighted by atomic mass is 32.2. The van der Waals surface area contributed by atoms with Gasteiger partial charge in [0.15, 0.2) is 0 Å². The molecule has 0 aliphatic heterocycles. The average Bonchev–Trinajstić information content (AvgIpc) is 3.45. The number of furan rings is 1. The van der Waals surface area contributed by atoms with E-state index in [-0.39, 0.29) is 5.09 Å². The summed E-state index contributed by atoms with van der Waals surface area (Å²) in [5, 5.41) is 15.3. The minimum Gasteiger partial charge on any atom is -0.447 e. The number of oxime groups is 1. The number of rotatable bonds is 3. The molecule has 32 heavy (non-hydrogen) atoms. The number of nitrogens with one attached hydrogen (secondary N) is 2. The van der Waals surface area contributed by atoms with Gasteiger partial charge in [0.25, 0.3) is 10.0 Å². The van der Waals surface area contributed by atoms with E-state index in [1.54, 1.807) is 0 Å². The fourth-order valence-corrected chi connectivity index (χ4v) is 6.18. The van der Waals surface area contributed by atoms with Crippen LogP contribution < -0.4 is 10.0 Å². The molecule has 1 heterocycles. The molecule has 170 valence electrons. The maximum atomic E-state index is 12.9. The first-order valence-corrected chi connectivity index (χ1v) is 12.5. The molecule has 3 aliphatic rings. The van der Waals surface area contributed by atoms with E-state index in [2.05, 4.69) is 21.3 Å². The second-order valence-corrected chi connectivity index (χ2v) is 11.1. The molecule has 1 aromatic carbocycles. The van der Waals surface area contributed by atoms with E-state index in [0.29, 0.717) is 29.9 Å². The number of fused-ring (bicyclic) bond motifs is 3. The Hall–Kier alpha value is -2.81. The van der Waals surface area contributed by atoms with Gasteiger partial charge >= 0.3 is 6.03 Å². The predicted molar refractivity (Wildman–Crippen MR) is 119 cm³/mol. The maximum Gasteiger partial charge on any atom is 0.333 e. The first-order chi connectivity index (χ1) is 15.2. The lowest BCUT2D eigenvalue weighted by Crippen LogP contribution is -2.34. The van der Waals surface area contributed by atoms with Crippen molar-refractivity contribution in [2.45, 2.75) is 70.3 Å². The molecule has 0 spiro atoms. The predicted octanol–water partition coefficient (Wildman–Crippen LogP) is 3.92. The van der Waals surface area contributed by atoms with Crippen LogP contribution in [0, 0.1) is 5.41 Å². The van der Waals surface area contributed by atoms with Crippen molar-refractivity contribution in [1.29, 1.82) is 0 Å². The fraction of sp³-hybridized carbons (Fsp3) is 0.478. The number of carbonyl (C=O) groups excluding carboxylic acids is 1. The van der Waals surface area contributed by atoms with E-state index in [9.17, 15) is 18.4 Å². The topological polar surface area (TPSA) is 121 Å². The van der Waals surface area contributed by atoms with E-state index in [0.717, 1.165) is 55.3 Å². The molecule has 2 aromatic rings. The van der Waals surface area contributed by atoms with Gasteiger partial charge < -0.3 is 14.9 Å². The van der Waals surface area contributed by atoms with Gasteiger partial charge in [-0.3, -0.25) is 0 Å². The van der Waals surface area contributed by atoms with Crippen molar-refractivity contribution < 1.29 is 22.8 Å². The molecular formula is C23H27N3O5S. The largest absolute Gasteiger partial charge is 0.447 e. The minimum absolute atomic E-state index is 0.361. The SMILES string of the molecule is CC1(C)CCc2oc(S(=O)(=O)NC(=O)Nc3c4c(cc5c3CCC5)CCC4)cc2C1=NO. The van der Waals surface area contributed by atoms with E-state index in [4.69, 9.17) is 4.42 Å². The highest BCUT2D eigenvalue weighted by molar-refractivity contribution is 7.89. The summed E-state index contributed by atoms with van der Waals surface area (Å²) in [4.78, 5) is 12.8. The third-order valence-corrected chi connectivity index (χ3v) is 8.15. The molecule has 0 unspecified atom stereocenters. The van der Waals surface area contributed by atoms with Crippen LogP contribution in [0.3, 0.4) is 0 Å². The molecule has 3 N–H and O–H groups in total. The highest BCUT2D eigenvalue weighted by Crippen LogP contribution is 2.39. The normalized spacial score (nSPS) is 20.0. The van der Waals surface area contributed by atoms with Gasteiger partial charge in [-0.25, -0.2) is 9.52 Å². The van der Waals surface area contributed by atoms with Crippen molar-refractivity contribution in [3.8, 4) is 0 Å². The molecule has 0 radical (unpaired) electrons. The van der Waals surface area contributed by atoms with Crippen molar-refractivity contribution in [1.82, 2.24) is 4.72 Å². The van der Waals surface area contributed by atoms with Gasteiger partial charge in [-0.05, 0) is 67.2 Å². The highest BCUT2D eigenvalue weighted by Gasteiger charge is 2.37. The van der Waals surface area contributed by atoms with Crippen molar-refractivity contribution in [2.75, 3.05) is 5.32 Å². The lowest BCUT2D eigenvalue weighted by molar-refractivity contribution is 0.256. The third-order valence-electron chi connectivity index (χ3n) is 6.96. The fourth-order valence-electron chi connectivity index (χ4n) is 5.30. The Morgan fingerprint density at radius 1 is 1.06 bits per heavy atom. The monoisotopic (exact) mass is 457 g/mol. The van der Waals surface area contributed by atoms with Gasteiger partial charge in [0.1, 0.15) is 5.76 Å². The number of benzene rings is 1. The molecule has 0 bridgehead atoms. The van der Waals surface area contributed by atoms with E-state index >= 15 is 0 Å². The lowest BCUT2D eigenvalue weighted by Gasteiger charge is -2.29. The average molecular weight is 458 g/mol. The molecule has 5 rings (SSSR count). The molecule has 3 aliphatic carbocycles. The molecule has 1 aromatic heterocycles. The zero-order valence-corrected chi connectivity index (χ0v) is 19.1. The van der Waals surface area contributed by atoms with Crippen LogP contribution >= 0.6 is 0 Å². The molecular weight excluding hydrogens is 430 g/mol. The number of amides is 2. The van der Waals surface area contributed by atoms with E-state index < -0.39 is 21.5 Å². The number of hydrogen-bond donors (Lipinski definition) is 3. The minimum atomic E-state index is -4.24. The summed E-state index contributed by atoms with van der Waals surface area (Å²) in [5.41, 5.74) is 5.95. The Morgan fingerprint density at radius 2 is 1.72 bits per heavy atom. The summed E-state index contributed by atoms with van der Waals surface area (Å²) >= 11 is 0. The number of nitrogens with zero attached hydrogens (tertiary/aromatic N) is 1. The number of urea groups is 1. The number of aryl methyl sites for hydroxylation is 3. The lowest BCUT2D eigenvalue weighted by atomic mass is 9.75. The standard InChI is InChI=1S/C23H27N3O5S/c1-23(2)10-9-18-17(21(23)25-28)12-19(31-18)32(29,30)26-22(27)24-20-15-7-3-5-13(15)11-14-6-4-8-16(14)20/h11-12,28H,3-10H2,1-2H3,(H2,24,26,27). The Morgan fingerprint density at radius 3 is 2.34 bits per heavy atom. The van der Waals surface area contributed by atoms with E-state index in [1.807, 2.05) is 13.8 Å². The smallest absolute Gasteiger partial charge is 0.333 e. The molecule has 0 fully saturated rings. The second kappa shape index (κ2) is 7.37. The van der Waals surface area contributed by atoms with Crippen LogP contribution in [0.5, 0.6) is 0 Å². The number of anilines is 1. The van der Waals surface area contributed by atoms with Crippen LogP contribution in [0.4, 0.5) is 10.5 Å². The second-order valence-electron chi connectivity index (χ2n) is 9.53. The Labute approximate surface area is 187 Å². The zero-order chi connectivity index (χ0) is 22.7. The van der Waals surface area contributed by atoms with Crippen molar-refractivity contribution in [2.24, 2.45) is 10.6 Å². The maximum absolute atomic E-state index is 12.9. The Kier molecular flexibility index (Phi) is 4.85. The van der Waals surface area contributed by atoms with Crippen LogP contribution in [0.15, 0.2) is 26.8 Å². The third kappa shape index (κ3) is 3.39. The molecule has 0 saturated carbocycles. The number of hydrogen-bond acceptors (Lipinski definition) is 6. The quantitative estimate of drug-likeness (QED) is 0.476. The first-order valence-electron chi connectivity index (χ1n) is 11.1. The van der Waals surface area contributed by atoms with Gasteiger partial charge in [0.05, 0.1) is 5.71 Å². The molecule has 9 heteroatoms. The van der Waals surface area contributed by atoms with Gasteiger partial charge in [-0.1, -0.05) is 25.1 Å². The first kappa shape index (κ1) is 21.1. The van der Waals surface area contributed by atoms with Crippen LogP contribution in [-0.4, -0.2) is 25.4 Å². The van der Waals surface area contributed by atoms with E-state index in [1.165, 1.54) is 17.2 Å². The zero-order valence-electron chi connectivity index (χ0n) is 18.2. The number of carbonyl (C=O) groups is 1. The van der Waals surface area contributed by atoms with Crippen LogP contribution in [-0.2, 0) is 42.1 Å². The summed E-state index contributed by atoms with van der Waals surface area (Å²) in [5.74, 6) is 0.441. The number of sulfonamides is 1. The summed E-state index contributed by atoms with van der Waals surface area (Å²) in [6.07, 6.45) is 6.99. The molecule has 0 atom stereocenters. The van der Waals surface area contributed by atoms with Crippen LogP contribution in [0.25, 0.3) is 0 Å². The van der Waals surface area contributed by atoms with Gasteiger partial charge in [-0.15, -0.1) is 0 Å². The van der Waals surface area contributed by atoms with Crippen LogP contribution in [0.2, 0.25) is 0 Å². The Balaban J connectivity index is 1.40. The van der Waals surface area contributed by atoms with Crippen molar-refractivity contribution >= 4 is 27.5 Å². The van der Waals surface area contributed by atoms with Gasteiger partial charge in [-0.2, -0.15) is 8.42 Å². The molecule has 0 saturated heterocycles. The summed E-state index contributed by atoms with van der Waals surface area (Å²) < 4.78 is 33.5. The van der Waals surface area contributed by atoms with Crippen LogP contribution in [0.1, 0.15) is 66.7 Å².